The molecule has 0 aliphatic carbocycles. The second kappa shape index (κ2) is 15.6. The first-order chi connectivity index (χ1) is 20.9. The number of anilines is 3. The molecule has 3 rings (SSSR count). The zero-order valence-electron chi connectivity index (χ0n) is 26.5. The number of carbonyl (C=O) groups is 3. The second-order valence-corrected chi connectivity index (χ2v) is 11.0. The van der Waals surface area contributed by atoms with Crippen molar-refractivity contribution < 1.29 is 23.9 Å². The van der Waals surface area contributed by atoms with Crippen molar-refractivity contribution in [3.05, 3.63) is 36.2 Å². The zero-order chi connectivity index (χ0) is 32.3. The number of likely N-dealkylation sites (N-methyl/N-ethyl adjacent to an activating group) is 1. The molecule has 0 aliphatic rings. The number of benzene rings is 1. The molecule has 0 spiro atoms. The molecular formula is C31H42N8O5. The highest BCUT2D eigenvalue weighted by Crippen LogP contribution is 2.26. The van der Waals surface area contributed by atoms with E-state index in [9.17, 15) is 14.4 Å². The molecule has 0 saturated heterocycles. The summed E-state index contributed by atoms with van der Waals surface area (Å²) in [5.74, 6) is 6.88. The largest absolute Gasteiger partial charge is 0.448 e. The van der Waals surface area contributed by atoms with E-state index in [1.165, 1.54) is 16.6 Å². The number of hydrogen-bond donors (Lipinski definition) is 3. The third kappa shape index (κ3) is 9.32. The lowest BCUT2D eigenvalue weighted by Gasteiger charge is -2.28. The Morgan fingerprint density at radius 3 is 2.61 bits per heavy atom. The zero-order valence-corrected chi connectivity index (χ0v) is 26.5. The molecule has 1 atom stereocenters. The molecule has 13 nitrogen and oxygen atoms in total. The van der Waals surface area contributed by atoms with E-state index in [0.717, 1.165) is 11.8 Å². The van der Waals surface area contributed by atoms with Gasteiger partial charge in [0.15, 0.2) is 0 Å². The fourth-order valence-corrected chi connectivity index (χ4v) is 3.90. The van der Waals surface area contributed by atoms with Crippen LogP contribution in [0.3, 0.4) is 0 Å². The number of aromatic nitrogens is 4. The number of nitrogens with one attached hydrogen (secondary N) is 3. The number of hydrogen-bond acceptors (Lipinski definition) is 10. The highest BCUT2D eigenvalue weighted by Gasteiger charge is 2.26. The molecule has 0 fully saturated rings. The molecule has 13 heteroatoms. The molecule has 44 heavy (non-hydrogen) atoms. The Bertz CT molecular complexity index is 1520. The monoisotopic (exact) mass is 606 g/mol. The molecule has 0 unspecified atom stereocenters. The van der Waals surface area contributed by atoms with Crippen molar-refractivity contribution in [2.24, 2.45) is 0 Å². The van der Waals surface area contributed by atoms with Crippen molar-refractivity contribution in [2.75, 3.05) is 37.4 Å². The Hall–Kier alpha value is -4.86. The summed E-state index contributed by atoms with van der Waals surface area (Å²) >= 11 is 0. The SMILES string of the molecule is CCCNc1nc(Nc2cccc3cnn(C(=O)OCC)c23)ncc1C#CCCCNC(=O)[C@H](C)N(C)C(=O)OC(C)(C)C. The first-order valence-corrected chi connectivity index (χ1v) is 14.7. The highest BCUT2D eigenvalue weighted by molar-refractivity contribution is 5.97. The van der Waals surface area contributed by atoms with Crippen LogP contribution in [0.2, 0.25) is 0 Å². The summed E-state index contributed by atoms with van der Waals surface area (Å²) in [6, 6.07) is 4.83. The Kier molecular flexibility index (Phi) is 11.9. The average molecular weight is 607 g/mol. The van der Waals surface area contributed by atoms with Gasteiger partial charge in [0, 0.05) is 31.9 Å². The lowest BCUT2D eigenvalue weighted by molar-refractivity contribution is -0.125. The van der Waals surface area contributed by atoms with Crippen molar-refractivity contribution in [3.63, 3.8) is 0 Å². The van der Waals surface area contributed by atoms with Gasteiger partial charge in [-0.15, -0.1) is 0 Å². The van der Waals surface area contributed by atoms with Crippen LogP contribution in [0.1, 0.15) is 66.4 Å². The van der Waals surface area contributed by atoms with Gasteiger partial charge in [0.1, 0.15) is 23.0 Å². The Labute approximate surface area is 258 Å². The van der Waals surface area contributed by atoms with Gasteiger partial charge in [0.25, 0.3) is 0 Å². The van der Waals surface area contributed by atoms with E-state index in [0.29, 0.717) is 54.5 Å². The first-order valence-electron chi connectivity index (χ1n) is 14.7. The third-order valence-electron chi connectivity index (χ3n) is 6.25. The number of amides is 2. The lowest BCUT2D eigenvalue weighted by Crippen LogP contribution is -2.47. The van der Waals surface area contributed by atoms with Crippen LogP contribution in [-0.2, 0) is 14.3 Å². The summed E-state index contributed by atoms with van der Waals surface area (Å²) in [6.45, 7) is 12.1. The summed E-state index contributed by atoms with van der Waals surface area (Å²) in [5, 5.41) is 14.3. The number of rotatable bonds is 11. The van der Waals surface area contributed by atoms with Gasteiger partial charge in [-0.25, -0.2) is 14.6 Å². The number of nitrogens with zero attached hydrogens (tertiary/aromatic N) is 5. The third-order valence-corrected chi connectivity index (χ3v) is 6.25. The van der Waals surface area contributed by atoms with Gasteiger partial charge in [0.05, 0.1) is 30.3 Å². The van der Waals surface area contributed by atoms with Crippen molar-refractivity contribution in [2.45, 2.75) is 72.4 Å². The smallest absolute Gasteiger partial charge is 0.435 e. The number of ether oxygens (including phenoxy) is 2. The molecule has 0 aliphatic heterocycles. The van der Waals surface area contributed by atoms with Gasteiger partial charge in [0.2, 0.25) is 11.9 Å². The van der Waals surface area contributed by atoms with Gasteiger partial charge in [-0.2, -0.15) is 14.8 Å². The van der Waals surface area contributed by atoms with Crippen LogP contribution in [0, 0.1) is 11.8 Å². The molecule has 2 amide bonds. The number of carbonyl (C=O) groups excluding carboxylic acids is 3. The predicted molar refractivity (Wildman–Crippen MR) is 169 cm³/mol. The predicted octanol–water partition coefficient (Wildman–Crippen LogP) is 4.90. The van der Waals surface area contributed by atoms with Crippen LogP contribution in [0.15, 0.2) is 30.6 Å². The molecule has 236 valence electrons. The van der Waals surface area contributed by atoms with Gasteiger partial charge in [-0.1, -0.05) is 30.9 Å². The van der Waals surface area contributed by atoms with Crippen LogP contribution < -0.4 is 16.0 Å². The molecule has 0 radical (unpaired) electrons. The normalized spacial score (nSPS) is 11.6. The summed E-state index contributed by atoms with van der Waals surface area (Å²) in [4.78, 5) is 47.5. The molecule has 0 bridgehead atoms. The molecule has 2 heterocycles. The maximum absolute atomic E-state index is 12.5. The topological polar surface area (TPSA) is 153 Å². The molecule has 0 saturated carbocycles. The maximum atomic E-state index is 12.5. The van der Waals surface area contributed by atoms with Crippen LogP contribution >= 0.6 is 0 Å². The molecular weight excluding hydrogens is 564 g/mol. The van der Waals surface area contributed by atoms with E-state index in [-0.39, 0.29) is 12.5 Å². The van der Waals surface area contributed by atoms with E-state index in [4.69, 9.17) is 9.47 Å². The Balaban J connectivity index is 1.63. The van der Waals surface area contributed by atoms with Crippen LogP contribution in [0.5, 0.6) is 0 Å². The average Bonchev–Trinajstić information content (AvgIpc) is 3.42. The molecule has 2 aromatic heterocycles. The van der Waals surface area contributed by atoms with Gasteiger partial charge >= 0.3 is 12.2 Å². The van der Waals surface area contributed by atoms with Crippen LogP contribution in [-0.4, -0.2) is 81.1 Å². The Morgan fingerprint density at radius 1 is 1.14 bits per heavy atom. The van der Waals surface area contributed by atoms with Crippen molar-refractivity contribution in [1.29, 1.82) is 0 Å². The van der Waals surface area contributed by atoms with Crippen molar-refractivity contribution in [3.8, 4) is 11.8 Å². The summed E-state index contributed by atoms with van der Waals surface area (Å²) < 4.78 is 11.7. The number of para-hydroxylation sites is 1. The van der Waals surface area contributed by atoms with E-state index >= 15 is 0 Å². The van der Waals surface area contributed by atoms with Crippen LogP contribution in [0.25, 0.3) is 10.9 Å². The quantitative estimate of drug-likeness (QED) is 0.203. The minimum absolute atomic E-state index is 0.231. The van der Waals surface area contributed by atoms with Gasteiger partial charge < -0.3 is 25.4 Å². The minimum Gasteiger partial charge on any atom is -0.448 e. The molecule has 1 aromatic carbocycles. The highest BCUT2D eigenvalue weighted by atomic mass is 16.6. The van der Waals surface area contributed by atoms with E-state index < -0.39 is 23.8 Å². The van der Waals surface area contributed by atoms with Gasteiger partial charge in [-0.3, -0.25) is 9.69 Å². The van der Waals surface area contributed by atoms with Crippen molar-refractivity contribution >= 4 is 46.5 Å². The first kappa shape index (κ1) is 33.6. The minimum atomic E-state index is -0.676. The molecule has 3 N–H and O–H groups in total. The summed E-state index contributed by atoms with van der Waals surface area (Å²) in [5.41, 5.74) is 1.15. The van der Waals surface area contributed by atoms with Crippen LogP contribution in [0.4, 0.5) is 27.0 Å². The maximum Gasteiger partial charge on any atom is 0.435 e. The van der Waals surface area contributed by atoms with Gasteiger partial charge in [-0.05, 0) is 53.5 Å². The van der Waals surface area contributed by atoms with E-state index in [1.807, 2.05) is 18.2 Å². The Morgan fingerprint density at radius 2 is 1.91 bits per heavy atom. The fourth-order valence-electron chi connectivity index (χ4n) is 3.90. The second-order valence-electron chi connectivity index (χ2n) is 11.0. The standard InChI is InChI=1S/C31H42N8O5/c1-8-17-32-26-23(14-11-10-12-18-33-27(40)21(3)38(7)29(41)44-31(4,5)6)19-34-28(37-26)36-24-16-13-15-22-20-35-39(25(22)24)30(42)43-9-2/h13,15-16,19-21H,8-10,12,17-18H2,1-7H3,(H,33,40)(H2,32,34,36,37)/t21-/m0/s1. The fraction of sp³-hybridized carbons (Fsp3) is 0.484. The van der Waals surface area contributed by atoms with Crippen molar-refractivity contribution in [1.82, 2.24) is 30.0 Å². The number of unbranched alkanes of at least 4 members (excludes halogenated alkanes) is 1. The van der Waals surface area contributed by atoms with E-state index in [2.05, 4.69) is 49.8 Å². The summed E-state index contributed by atoms with van der Waals surface area (Å²) in [6.07, 6.45) is 4.15. The van der Waals surface area contributed by atoms with E-state index in [1.54, 1.807) is 47.0 Å². The molecule has 3 aromatic rings. The summed E-state index contributed by atoms with van der Waals surface area (Å²) in [7, 11) is 1.54. The lowest BCUT2D eigenvalue weighted by atomic mass is 10.2. The number of fused-ring (bicyclic) bond motifs is 1.